The monoisotopic (exact) mass is 399 g/mol. The fourth-order valence-corrected chi connectivity index (χ4v) is 2.59. The van der Waals surface area contributed by atoms with Gasteiger partial charge in [-0.15, -0.1) is 0 Å². The van der Waals surface area contributed by atoms with Gasteiger partial charge < -0.3 is 5.32 Å². The van der Waals surface area contributed by atoms with Crippen LogP contribution in [0.2, 0.25) is 0 Å². The molecule has 0 saturated carbocycles. The Kier molecular flexibility index (Phi) is 5.75. The van der Waals surface area contributed by atoms with Crippen molar-refractivity contribution in [2.45, 2.75) is 25.9 Å². The normalized spacial score (nSPS) is 12.4. The molecule has 2 aromatic rings. The van der Waals surface area contributed by atoms with Gasteiger partial charge in [-0.05, 0) is 57.7 Å². The van der Waals surface area contributed by atoms with E-state index < -0.39 is 0 Å². The van der Waals surface area contributed by atoms with Crippen LogP contribution in [0.15, 0.2) is 51.4 Å². The van der Waals surface area contributed by atoms with Gasteiger partial charge in [0.05, 0.1) is 4.47 Å². The van der Waals surface area contributed by atoms with Crippen LogP contribution in [0.5, 0.6) is 0 Å². The zero-order valence-corrected chi connectivity index (χ0v) is 14.3. The summed E-state index contributed by atoms with van der Waals surface area (Å²) in [4.78, 5) is 0. The molecular weight excluding hydrogens is 385 g/mol. The molecule has 2 rings (SSSR count). The second-order valence-electron chi connectivity index (χ2n) is 4.64. The maximum absolute atomic E-state index is 13.5. The zero-order chi connectivity index (χ0) is 14.5. The Morgan fingerprint density at radius 1 is 1.10 bits per heavy atom. The Morgan fingerprint density at radius 3 is 2.40 bits per heavy atom. The molecule has 20 heavy (non-hydrogen) atoms. The van der Waals surface area contributed by atoms with E-state index in [1.54, 1.807) is 12.1 Å². The highest BCUT2D eigenvalue weighted by Crippen LogP contribution is 2.21. The molecule has 106 valence electrons. The average Bonchev–Trinajstić information content (AvgIpc) is 2.45. The predicted octanol–water partition coefficient (Wildman–Crippen LogP) is 5.59. The van der Waals surface area contributed by atoms with Crippen LogP contribution < -0.4 is 5.32 Å². The van der Waals surface area contributed by atoms with E-state index in [0.717, 1.165) is 16.5 Å². The molecule has 0 aromatic heterocycles. The maximum Gasteiger partial charge on any atom is 0.137 e. The van der Waals surface area contributed by atoms with Gasteiger partial charge in [0.25, 0.3) is 0 Å². The predicted molar refractivity (Wildman–Crippen MR) is 88.1 cm³/mol. The molecule has 1 unspecified atom stereocenters. The highest BCUT2D eigenvalue weighted by Gasteiger charge is 2.09. The van der Waals surface area contributed by atoms with E-state index in [2.05, 4.69) is 56.2 Å². The van der Waals surface area contributed by atoms with Gasteiger partial charge in [-0.2, -0.15) is 0 Å². The SMILES string of the molecule is CCC(NCc1ccc(Br)c(F)c1)c1ccc(Br)cc1. The fourth-order valence-electron chi connectivity index (χ4n) is 2.08. The molecule has 0 saturated heterocycles. The Balaban J connectivity index is 2.03. The number of hydrogen-bond donors (Lipinski definition) is 1. The largest absolute Gasteiger partial charge is 0.306 e. The Bertz CT molecular complexity index is 569. The Morgan fingerprint density at radius 2 is 1.80 bits per heavy atom. The summed E-state index contributed by atoms with van der Waals surface area (Å²) in [5.74, 6) is -0.221. The van der Waals surface area contributed by atoms with Crippen LogP contribution in [0, 0.1) is 5.82 Å². The minimum absolute atomic E-state index is 0.221. The molecule has 1 nitrogen and oxygen atoms in total. The average molecular weight is 401 g/mol. The molecule has 0 aliphatic rings. The summed E-state index contributed by atoms with van der Waals surface area (Å²) in [5.41, 5.74) is 2.19. The van der Waals surface area contributed by atoms with Crippen LogP contribution in [0.4, 0.5) is 4.39 Å². The number of hydrogen-bond acceptors (Lipinski definition) is 1. The van der Waals surface area contributed by atoms with Gasteiger partial charge in [0, 0.05) is 17.1 Å². The van der Waals surface area contributed by atoms with Gasteiger partial charge in [0.1, 0.15) is 5.82 Å². The molecule has 0 radical (unpaired) electrons. The third kappa shape index (κ3) is 4.14. The van der Waals surface area contributed by atoms with Crippen LogP contribution in [-0.2, 0) is 6.54 Å². The van der Waals surface area contributed by atoms with Gasteiger partial charge in [-0.25, -0.2) is 4.39 Å². The lowest BCUT2D eigenvalue weighted by Crippen LogP contribution is -2.20. The van der Waals surface area contributed by atoms with Crippen LogP contribution in [0.25, 0.3) is 0 Å². The number of rotatable bonds is 5. The van der Waals surface area contributed by atoms with E-state index in [-0.39, 0.29) is 11.9 Å². The highest BCUT2D eigenvalue weighted by molar-refractivity contribution is 9.10. The van der Waals surface area contributed by atoms with Gasteiger partial charge >= 0.3 is 0 Å². The molecule has 0 fully saturated rings. The second-order valence-corrected chi connectivity index (χ2v) is 6.41. The van der Waals surface area contributed by atoms with Crippen molar-refractivity contribution < 1.29 is 4.39 Å². The van der Waals surface area contributed by atoms with E-state index in [9.17, 15) is 4.39 Å². The van der Waals surface area contributed by atoms with E-state index in [1.807, 2.05) is 18.2 Å². The Hall–Kier alpha value is -0.710. The lowest BCUT2D eigenvalue weighted by molar-refractivity contribution is 0.517. The zero-order valence-electron chi connectivity index (χ0n) is 11.2. The molecule has 0 bridgehead atoms. The molecule has 0 aliphatic heterocycles. The van der Waals surface area contributed by atoms with E-state index in [1.165, 1.54) is 5.56 Å². The van der Waals surface area contributed by atoms with Gasteiger partial charge in [-0.1, -0.05) is 41.1 Å². The quantitative estimate of drug-likeness (QED) is 0.689. The summed E-state index contributed by atoms with van der Waals surface area (Å²) in [6.07, 6.45) is 0.987. The second kappa shape index (κ2) is 7.34. The fraction of sp³-hybridized carbons (Fsp3) is 0.250. The van der Waals surface area contributed by atoms with Crippen molar-refractivity contribution in [2.24, 2.45) is 0 Å². The minimum atomic E-state index is -0.221. The lowest BCUT2D eigenvalue weighted by Gasteiger charge is -2.18. The summed E-state index contributed by atoms with van der Waals surface area (Å²) >= 11 is 6.61. The summed E-state index contributed by atoms with van der Waals surface area (Å²) in [7, 11) is 0. The van der Waals surface area contributed by atoms with E-state index >= 15 is 0 Å². The van der Waals surface area contributed by atoms with Gasteiger partial charge in [0.2, 0.25) is 0 Å². The first kappa shape index (κ1) is 15.7. The summed E-state index contributed by atoms with van der Waals surface area (Å²) in [5, 5.41) is 3.47. The molecular formula is C16H16Br2FN. The van der Waals surface area contributed by atoms with Crippen molar-refractivity contribution in [1.82, 2.24) is 5.32 Å². The maximum atomic E-state index is 13.5. The summed E-state index contributed by atoms with van der Waals surface area (Å²) < 4.78 is 15.0. The smallest absolute Gasteiger partial charge is 0.137 e. The van der Waals surface area contributed by atoms with Crippen molar-refractivity contribution in [3.63, 3.8) is 0 Å². The molecule has 0 amide bonds. The van der Waals surface area contributed by atoms with Crippen LogP contribution in [0.3, 0.4) is 0 Å². The van der Waals surface area contributed by atoms with Crippen LogP contribution in [0.1, 0.15) is 30.5 Å². The number of nitrogens with one attached hydrogen (secondary N) is 1. The third-order valence-electron chi connectivity index (χ3n) is 3.22. The van der Waals surface area contributed by atoms with Crippen molar-refractivity contribution in [3.8, 4) is 0 Å². The molecule has 1 N–H and O–H groups in total. The minimum Gasteiger partial charge on any atom is -0.306 e. The summed E-state index contributed by atoms with van der Waals surface area (Å²) in [6, 6.07) is 13.8. The third-order valence-corrected chi connectivity index (χ3v) is 4.39. The van der Waals surface area contributed by atoms with Gasteiger partial charge in [-0.3, -0.25) is 0 Å². The Labute approximate surface area is 135 Å². The molecule has 1 atom stereocenters. The standard InChI is InChI=1S/C16H16Br2FN/c1-2-16(12-4-6-13(17)7-5-12)20-10-11-3-8-14(18)15(19)9-11/h3-9,16,20H,2,10H2,1H3. The number of halogens is 3. The molecule has 4 heteroatoms. The molecule has 0 heterocycles. The van der Waals surface area contributed by atoms with Crippen LogP contribution in [-0.4, -0.2) is 0 Å². The van der Waals surface area contributed by atoms with Crippen molar-refractivity contribution in [2.75, 3.05) is 0 Å². The number of benzene rings is 2. The van der Waals surface area contributed by atoms with Crippen molar-refractivity contribution in [1.29, 1.82) is 0 Å². The topological polar surface area (TPSA) is 12.0 Å². The molecule has 0 spiro atoms. The van der Waals surface area contributed by atoms with Crippen LogP contribution >= 0.6 is 31.9 Å². The van der Waals surface area contributed by atoms with Gasteiger partial charge in [0.15, 0.2) is 0 Å². The molecule has 2 aromatic carbocycles. The first-order valence-electron chi connectivity index (χ1n) is 6.53. The van der Waals surface area contributed by atoms with Crippen molar-refractivity contribution >= 4 is 31.9 Å². The van der Waals surface area contributed by atoms with E-state index in [0.29, 0.717) is 11.0 Å². The van der Waals surface area contributed by atoms with E-state index in [4.69, 9.17) is 0 Å². The lowest BCUT2D eigenvalue weighted by atomic mass is 10.0. The highest BCUT2D eigenvalue weighted by atomic mass is 79.9. The summed E-state index contributed by atoms with van der Waals surface area (Å²) in [6.45, 7) is 2.79. The first-order chi connectivity index (χ1) is 9.60. The first-order valence-corrected chi connectivity index (χ1v) is 8.11. The van der Waals surface area contributed by atoms with Crippen molar-refractivity contribution in [3.05, 3.63) is 68.4 Å². The molecule has 0 aliphatic carbocycles.